The number of nitrogens with one attached hydrogen (secondary N) is 1. The molecule has 0 saturated heterocycles. The third kappa shape index (κ3) is 3.38. The minimum Gasteiger partial charge on any atom is -0.382 e. The standard InChI is InChI=1S/C14H22BrN3O/c1-3-4-8-18-13(19)12(15)11(9-17-18)16-10-14(2)6-5-7-14/h9,16H,3-8,10H2,1-2H3. The fraction of sp³-hybridized carbons (Fsp3) is 0.714. The van der Waals surface area contributed by atoms with Gasteiger partial charge in [-0.3, -0.25) is 4.79 Å². The molecule has 0 aromatic carbocycles. The lowest BCUT2D eigenvalue weighted by Crippen LogP contribution is -2.34. The van der Waals surface area contributed by atoms with Gasteiger partial charge in [0.1, 0.15) is 4.47 Å². The maximum absolute atomic E-state index is 12.1. The highest BCUT2D eigenvalue weighted by molar-refractivity contribution is 9.10. The van der Waals surface area contributed by atoms with E-state index in [1.165, 1.54) is 23.9 Å². The average Bonchev–Trinajstić information content (AvgIpc) is 2.37. The van der Waals surface area contributed by atoms with Crippen molar-refractivity contribution in [1.29, 1.82) is 0 Å². The van der Waals surface area contributed by atoms with E-state index in [2.05, 4.69) is 40.2 Å². The Bertz CT molecular complexity index is 494. The summed E-state index contributed by atoms with van der Waals surface area (Å²) in [4.78, 5) is 12.1. The van der Waals surface area contributed by atoms with Crippen molar-refractivity contribution in [3.63, 3.8) is 0 Å². The number of nitrogens with zero attached hydrogens (tertiary/aromatic N) is 2. The van der Waals surface area contributed by atoms with Gasteiger partial charge in [0.15, 0.2) is 0 Å². The molecule has 1 saturated carbocycles. The van der Waals surface area contributed by atoms with Crippen molar-refractivity contribution in [1.82, 2.24) is 9.78 Å². The molecule has 1 aliphatic rings. The molecule has 0 bridgehead atoms. The Morgan fingerprint density at radius 3 is 2.84 bits per heavy atom. The zero-order chi connectivity index (χ0) is 13.9. The predicted octanol–water partition coefficient (Wildman–Crippen LogP) is 3.41. The van der Waals surface area contributed by atoms with Gasteiger partial charge in [-0.1, -0.05) is 26.7 Å². The van der Waals surface area contributed by atoms with Crippen LogP contribution in [0.1, 0.15) is 46.0 Å². The number of hydrogen-bond acceptors (Lipinski definition) is 3. The normalized spacial score (nSPS) is 17.0. The van der Waals surface area contributed by atoms with Gasteiger partial charge in [-0.05, 0) is 40.6 Å². The lowest BCUT2D eigenvalue weighted by atomic mass is 9.70. The third-order valence-electron chi connectivity index (χ3n) is 3.97. The van der Waals surface area contributed by atoms with Crippen LogP contribution in [0.15, 0.2) is 15.5 Å². The second kappa shape index (κ2) is 6.07. The van der Waals surface area contributed by atoms with Crippen molar-refractivity contribution in [3.8, 4) is 0 Å². The van der Waals surface area contributed by atoms with Gasteiger partial charge in [0.25, 0.3) is 5.56 Å². The second-order valence-electron chi connectivity index (χ2n) is 5.77. The van der Waals surface area contributed by atoms with E-state index in [1.807, 2.05) is 0 Å². The molecule has 0 spiro atoms. The van der Waals surface area contributed by atoms with Crippen molar-refractivity contribution in [2.24, 2.45) is 5.41 Å². The minimum atomic E-state index is -0.0442. The van der Waals surface area contributed by atoms with E-state index in [4.69, 9.17) is 0 Å². The summed E-state index contributed by atoms with van der Waals surface area (Å²) in [6.07, 6.45) is 7.63. The Labute approximate surface area is 122 Å². The molecule has 1 aliphatic carbocycles. The Hall–Kier alpha value is -0.840. The van der Waals surface area contributed by atoms with Gasteiger partial charge in [0, 0.05) is 13.1 Å². The van der Waals surface area contributed by atoms with Crippen LogP contribution >= 0.6 is 15.9 Å². The Morgan fingerprint density at radius 1 is 1.53 bits per heavy atom. The molecule has 4 nitrogen and oxygen atoms in total. The summed E-state index contributed by atoms with van der Waals surface area (Å²) in [6, 6.07) is 0. The van der Waals surface area contributed by atoms with Crippen molar-refractivity contribution < 1.29 is 0 Å². The molecule has 1 N–H and O–H groups in total. The Balaban J connectivity index is 2.05. The van der Waals surface area contributed by atoms with Gasteiger partial charge in [0.2, 0.25) is 0 Å². The molecule has 1 aromatic rings. The number of halogens is 1. The molecule has 1 fully saturated rings. The van der Waals surface area contributed by atoms with E-state index in [0.717, 1.165) is 25.1 Å². The number of rotatable bonds is 6. The molecule has 1 aromatic heterocycles. The van der Waals surface area contributed by atoms with Crippen LogP contribution < -0.4 is 10.9 Å². The van der Waals surface area contributed by atoms with E-state index >= 15 is 0 Å². The lowest BCUT2D eigenvalue weighted by molar-refractivity contribution is 0.180. The quantitative estimate of drug-likeness (QED) is 0.870. The average molecular weight is 328 g/mol. The zero-order valence-electron chi connectivity index (χ0n) is 11.7. The summed E-state index contributed by atoms with van der Waals surface area (Å²) in [6.45, 7) is 5.99. The van der Waals surface area contributed by atoms with Crippen molar-refractivity contribution in [2.45, 2.75) is 52.5 Å². The summed E-state index contributed by atoms with van der Waals surface area (Å²) in [5.41, 5.74) is 1.15. The maximum Gasteiger partial charge on any atom is 0.283 e. The molecule has 0 aliphatic heterocycles. The molecule has 1 heterocycles. The van der Waals surface area contributed by atoms with Crippen LogP contribution in [0.5, 0.6) is 0 Å². The van der Waals surface area contributed by atoms with Gasteiger partial charge in [-0.15, -0.1) is 0 Å². The van der Waals surface area contributed by atoms with Gasteiger partial charge in [-0.25, -0.2) is 4.68 Å². The van der Waals surface area contributed by atoms with Crippen LogP contribution in [-0.2, 0) is 6.54 Å². The molecule has 0 amide bonds. The van der Waals surface area contributed by atoms with Crippen LogP contribution in [0.2, 0.25) is 0 Å². The SMILES string of the molecule is CCCCn1ncc(NCC2(C)CCC2)c(Br)c1=O. The van der Waals surface area contributed by atoms with Crippen molar-refractivity contribution in [3.05, 3.63) is 21.0 Å². The Morgan fingerprint density at radius 2 is 2.26 bits per heavy atom. The van der Waals surface area contributed by atoms with Crippen molar-refractivity contribution >= 4 is 21.6 Å². The second-order valence-corrected chi connectivity index (χ2v) is 6.56. The summed E-state index contributed by atoms with van der Waals surface area (Å²) < 4.78 is 2.13. The van der Waals surface area contributed by atoms with Crippen LogP contribution in [0.4, 0.5) is 5.69 Å². The molecule has 0 radical (unpaired) electrons. The number of aryl methyl sites for hydroxylation is 1. The highest BCUT2D eigenvalue weighted by Crippen LogP contribution is 2.40. The molecule has 2 rings (SSSR count). The summed E-state index contributed by atoms with van der Waals surface area (Å²) in [5, 5.41) is 7.59. The first kappa shape index (κ1) is 14.6. The Kier molecular flexibility index (Phi) is 4.66. The van der Waals surface area contributed by atoms with Crippen LogP contribution in [-0.4, -0.2) is 16.3 Å². The van der Waals surface area contributed by atoms with Gasteiger partial charge in [0.05, 0.1) is 11.9 Å². The number of anilines is 1. The molecular weight excluding hydrogens is 306 g/mol. The summed E-state index contributed by atoms with van der Waals surface area (Å²) >= 11 is 3.39. The molecular formula is C14H22BrN3O. The fourth-order valence-electron chi connectivity index (χ4n) is 2.32. The van der Waals surface area contributed by atoms with Crippen molar-refractivity contribution in [2.75, 3.05) is 11.9 Å². The smallest absolute Gasteiger partial charge is 0.283 e. The monoisotopic (exact) mass is 327 g/mol. The van der Waals surface area contributed by atoms with E-state index in [0.29, 0.717) is 16.4 Å². The zero-order valence-corrected chi connectivity index (χ0v) is 13.3. The number of unbranched alkanes of at least 4 members (excludes halogenated alkanes) is 1. The van der Waals surface area contributed by atoms with Crippen LogP contribution in [0, 0.1) is 5.41 Å². The first-order chi connectivity index (χ1) is 9.06. The summed E-state index contributed by atoms with van der Waals surface area (Å²) in [5.74, 6) is 0. The van der Waals surface area contributed by atoms with Crippen LogP contribution in [0.3, 0.4) is 0 Å². The minimum absolute atomic E-state index is 0.0442. The fourth-order valence-corrected chi connectivity index (χ4v) is 2.77. The van der Waals surface area contributed by atoms with Crippen LogP contribution in [0.25, 0.3) is 0 Å². The topological polar surface area (TPSA) is 46.9 Å². The van der Waals surface area contributed by atoms with Gasteiger partial charge < -0.3 is 5.32 Å². The highest BCUT2D eigenvalue weighted by atomic mass is 79.9. The molecule has 106 valence electrons. The predicted molar refractivity (Wildman–Crippen MR) is 81.6 cm³/mol. The van der Waals surface area contributed by atoms with E-state index < -0.39 is 0 Å². The van der Waals surface area contributed by atoms with Gasteiger partial charge >= 0.3 is 0 Å². The first-order valence-electron chi connectivity index (χ1n) is 7.05. The van der Waals surface area contributed by atoms with E-state index in [-0.39, 0.29) is 5.56 Å². The number of hydrogen-bond donors (Lipinski definition) is 1. The molecule has 19 heavy (non-hydrogen) atoms. The number of aromatic nitrogens is 2. The maximum atomic E-state index is 12.1. The highest BCUT2D eigenvalue weighted by Gasteiger charge is 2.31. The molecule has 5 heteroatoms. The summed E-state index contributed by atoms with van der Waals surface area (Å²) in [7, 11) is 0. The first-order valence-corrected chi connectivity index (χ1v) is 7.84. The third-order valence-corrected chi connectivity index (χ3v) is 4.74. The van der Waals surface area contributed by atoms with E-state index in [1.54, 1.807) is 6.20 Å². The van der Waals surface area contributed by atoms with E-state index in [9.17, 15) is 4.79 Å². The largest absolute Gasteiger partial charge is 0.382 e. The lowest BCUT2D eigenvalue weighted by Gasteiger charge is -2.38. The molecule has 0 atom stereocenters. The van der Waals surface area contributed by atoms with Gasteiger partial charge in [-0.2, -0.15) is 5.10 Å². The molecule has 0 unspecified atom stereocenters.